The topological polar surface area (TPSA) is 95.7 Å². The summed E-state index contributed by atoms with van der Waals surface area (Å²) in [5, 5.41) is 11.4. The quantitative estimate of drug-likeness (QED) is 0.583. The minimum absolute atomic E-state index is 0.101. The third kappa shape index (κ3) is 5.42. The third-order valence-corrected chi connectivity index (χ3v) is 4.91. The molecule has 0 saturated heterocycles. The summed E-state index contributed by atoms with van der Waals surface area (Å²) < 4.78 is 5.66. The number of anilines is 1. The van der Waals surface area contributed by atoms with Crippen molar-refractivity contribution in [2.45, 2.75) is 31.0 Å². The molecule has 3 rings (SSSR count). The molecule has 3 aromatic rings. The summed E-state index contributed by atoms with van der Waals surface area (Å²) in [6.45, 7) is 2.06. The Bertz CT molecular complexity index is 882. The Morgan fingerprint density at radius 2 is 1.89 bits per heavy atom. The second kappa shape index (κ2) is 9.34. The standard InChI is InChI=1S/C20H22N4O2S/c1-2-15-10-6-7-11-17(15)22-18(25)13-27-20-24-23-19(26-20)16(21)12-14-8-4-3-5-9-14/h3-11,16H,2,12-13,21H2,1H3,(H,22,25)/p+1. The summed E-state index contributed by atoms with van der Waals surface area (Å²) >= 11 is 1.23. The van der Waals surface area contributed by atoms with Gasteiger partial charge in [0.2, 0.25) is 5.91 Å². The Kier molecular flexibility index (Phi) is 6.62. The number of hydrogen-bond donors (Lipinski definition) is 2. The van der Waals surface area contributed by atoms with Gasteiger partial charge in [-0.05, 0) is 23.6 Å². The summed E-state index contributed by atoms with van der Waals surface area (Å²) in [4.78, 5) is 12.2. The average Bonchev–Trinajstić information content (AvgIpc) is 3.17. The van der Waals surface area contributed by atoms with Gasteiger partial charge >= 0.3 is 0 Å². The molecule has 7 heteroatoms. The molecular weight excluding hydrogens is 360 g/mol. The summed E-state index contributed by atoms with van der Waals surface area (Å²) in [7, 11) is 0. The van der Waals surface area contributed by atoms with Gasteiger partial charge in [-0.3, -0.25) is 4.79 Å². The molecule has 4 N–H and O–H groups in total. The Morgan fingerprint density at radius 3 is 2.67 bits per heavy atom. The smallest absolute Gasteiger partial charge is 0.277 e. The van der Waals surface area contributed by atoms with Gasteiger partial charge in [0.05, 0.1) is 5.75 Å². The first-order valence-electron chi connectivity index (χ1n) is 8.86. The van der Waals surface area contributed by atoms with E-state index in [9.17, 15) is 4.79 Å². The van der Waals surface area contributed by atoms with Gasteiger partial charge in [-0.2, -0.15) is 0 Å². The Labute approximate surface area is 162 Å². The molecule has 1 amide bonds. The van der Waals surface area contributed by atoms with E-state index in [1.807, 2.05) is 54.6 Å². The molecule has 0 fully saturated rings. The molecule has 0 saturated carbocycles. The summed E-state index contributed by atoms with van der Waals surface area (Å²) in [6, 6.07) is 17.7. The lowest BCUT2D eigenvalue weighted by molar-refractivity contribution is -0.431. The van der Waals surface area contributed by atoms with Crippen LogP contribution in [0.1, 0.15) is 30.0 Å². The molecule has 6 nitrogen and oxygen atoms in total. The number of amides is 1. The van der Waals surface area contributed by atoms with Gasteiger partial charge in [-0.1, -0.05) is 67.2 Å². The molecule has 140 valence electrons. The van der Waals surface area contributed by atoms with Gasteiger partial charge in [-0.25, -0.2) is 0 Å². The zero-order valence-corrected chi connectivity index (χ0v) is 16.0. The molecule has 0 aliphatic carbocycles. The van der Waals surface area contributed by atoms with Crippen molar-refractivity contribution in [1.82, 2.24) is 10.2 Å². The van der Waals surface area contributed by atoms with Crippen LogP contribution in [-0.4, -0.2) is 21.9 Å². The van der Waals surface area contributed by atoms with E-state index in [0.717, 1.165) is 24.1 Å². The minimum Gasteiger partial charge on any atom is -0.410 e. The second-order valence-electron chi connectivity index (χ2n) is 6.14. The predicted molar refractivity (Wildman–Crippen MR) is 105 cm³/mol. The van der Waals surface area contributed by atoms with Crippen molar-refractivity contribution in [3.05, 3.63) is 71.6 Å². The molecule has 1 aromatic heterocycles. The monoisotopic (exact) mass is 383 g/mol. The van der Waals surface area contributed by atoms with Crippen LogP contribution in [0.4, 0.5) is 5.69 Å². The fourth-order valence-corrected chi connectivity index (χ4v) is 3.26. The number of thioether (sulfide) groups is 1. The van der Waals surface area contributed by atoms with Gasteiger partial charge in [0.1, 0.15) is 0 Å². The van der Waals surface area contributed by atoms with Gasteiger partial charge in [0.15, 0.2) is 6.04 Å². The number of hydrogen-bond acceptors (Lipinski definition) is 5. The first-order valence-corrected chi connectivity index (χ1v) is 9.85. The molecule has 27 heavy (non-hydrogen) atoms. The van der Waals surface area contributed by atoms with Crippen LogP contribution in [0.5, 0.6) is 0 Å². The molecule has 0 aliphatic heterocycles. The van der Waals surface area contributed by atoms with Gasteiger partial charge in [0, 0.05) is 12.1 Å². The van der Waals surface area contributed by atoms with Gasteiger partial charge in [0.25, 0.3) is 11.1 Å². The van der Waals surface area contributed by atoms with Crippen molar-refractivity contribution in [3.8, 4) is 0 Å². The lowest BCUT2D eigenvalue weighted by Gasteiger charge is -2.08. The number of carbonyl (C=O) groups excluding carboxylic acids is 1. The van der Waals surface area contributed by atoms with E-state index in [1.165, 1.54) is 17.3 Å². The van der Waals surface area contributed by atoms with Gasteiger partial charge < -0.3 is 15.5 Å². The molecule has 1 heterocycles. The fourth-order valence-electron chi connectivity index (χ4n) is 2.69. The van der Waals surface area contributed by atoms with Crippen molar-refractivity contribution in [1.29, 1.82) is 0 Å². The average molecular weight is 383 g/mol. The number of benzene rings is 2. The van der Waals surface area contributed by atoms with E-state index < -0.39 is 0 Å². The maximum absolute atomic E-state index is 12.2. The van der Waals surface area contributed by atoms with Crippen LogP contribution < -0.4 is 11.1 Å². The number of aryl methyl sites for hydroxylation is 1. The fraction of sp³-hybridized carbons (Fsp3) is 0.250. The molecular formula is C20H23N4O2S+. The van der Waals surface area contributed by atoms with Crippen molar-refractivity contribution in [2.24, 2.45) is 0 Å². The highest BCUT2D eigenvalue weighted by Crippen LogP contribution is 2.21. The van der Waals surface area contributed by atoms with E-state index in [4.69, 9.17) is 4.42 Å². The lowest BCUT2D eigenvalue weighted by atomic mass is 10.1. The molecule has 0 spiro atoms. The lowest BCUT2D eigenvalue weighted by Crippen LogP contribution is -2.54. The highest BCUT2D eigenvalue weighted by molar-refractivity contribution is 7.99. The number of aromatic nitrogens is 2. The molecule has 0 radical (unpaired) electrons. The Balaban J connectivity index is 1.52. The summed E-state index contributed by atoms with van der Waals surface area (Å²) in [5.41, 5.74) is 7.22. The molecule has 0 bridgehead atoms. The number of nitrogens with zero attached hydrogens (tertiary/aromatic N) is 2. The van der Waals surface area contributed by atoms with Crippen LogP contribution in [-0.2, 0) is 17.6 Å². The predicted octanol–water partition coefficient (Wildman–Crippen LogP) is 2.89. The molecule has 0 aliphatic rings. The highest BCUT2D eigenvalue weighted by Gasteiger charge is 2.19. The zero-order valence-electron chi connectivity index (χ0n) is 15.2. The Hall–Kier alpha value is -2.64. The second-order valence-corrected chi connectivity index (χ2v) is 7.07. The Morgan fingerprint density at radius 1 is 1.15 bits per heavy atom. The number of para-hydroxylation sites is 1. The van der Waals surface area contributed by atoms with Gasteiger partial charge in [-0.15, -0.1) is 10.2 Å². The summed E-state index contributed by atoms with van der Waals surface area (Å²) in [5.74, 6) is 0.592. The number of nitrogens with one attached hydrogen (secondary N) is 1. The minimum atomic E-state index is -0.125. The SMILES string of the molecule is CCc1ccccc1NC(=O)CSc1nnc(C([NH3+])Cc2ccccc2)o1. The largest absolute Gasteiger partial charge is 0.410 e. The third-order valence-electron chi connectivity index (χ3n) is 4.10. The van der Waals surface area contributed by atoms with Crippen LogP contribution in [0.15, 0.2) is 64.2 Å². The molecule has 1 unspecified atom stereocenters. The van der Waals surface area contributed by atoms with E-state index in [1.54, 1.807) is 0 Å². The van der Waals surface area contributed by atoms with Crippen LogP contribution in [0.2, 0.25) is 0 Å². The van der Waals surface area contributed by atoms with Crippen LogP contribution in [0.25, 0.3) is 0 Å². The first kappa shape index (κ1) is 19.1. The van der Waals surface area contributed by atoms with E-state index in [-0.39, 0.29) is 17.7 Å². The molecule has 2 aromatic carbocycles. The van der Waals surface area contributed by atoms with Crippen molar-refractivity contribution < 1.29 is 14.9 Å². The highest BCUT2D eigenvalue weighted by atomic mass is 32.2. The van der Waals surface area contributed by atoms with Crippen molar-refractivity contribution in [3.63, 3.8) is 0 Å². The van der Waals surface area contributed by atoms with Crippen molar-refractivity contribution >= 4 is 23.4 Å². The van der Waals surface area contributed by atoms with E-state index in [0.29, 0.717) is 11.1 Å². The maximum atomic E-state index is 12.2. The normalized spacial score (nSPS) is 11.9. The maximum Gasteiger partial charge on any atom is 0.277 e. The number of quaternary nitrogens is 1. The van der Waals surface area contributed by atoms with Crippen molar-refractivity contribution in [2.75, 3.05) is 11.1 Å². The van der Waals surface area contributed by atoms with Crippen LogP contribution in [0, 0.1) is 0 Å². The van der Waals surface area contributed by atoms with Crippen LogP contribution >= 0.6 is 11.8 Å². The first-order chi connectivity index (χ1) is 13.2. The van der Waals surface area contributed by atoms with Crippen LogP contribution in [0.3, 0.4) is 0 Å². The van der Waals surface area contributed by atoms with E-state index >= 15 is 0 Å². The number of carbonyl (C=O) groups is 1. The summed E-state index contributed by atoms with van der Waals surface area (Å²) in [6.07, 6.45) is 1.59. The number of rotatable bonds is 8. The molecule has 1 atom stereocenters. The zero-order chi connectivity index (χ0) is 19.1. The van der Waals surface area contributed by atoms with E-state index in [2.05, 4.69) is 28.2 Å².